The van der Waals surface area contributed by atoms with Gasteiger partial charge in [0.05, 0.1) is 38.7 Å². The Bertz CT molecular complexity index is 837. The van der Waals surface area contributed by atoms with Crippen LogP contribution in [0.3, 0.4) is 0 Å². The average Bonchev–Trinajstić information content (AvgIpc) is 3.04. The quantitative estimate of drug-likeness (QED) is 0.424. The summed E-state index contributed by atoms with van der Waals surface area (Å²) in [6, 6.07) is 3.94. The first-order valence-corrected chi connectivity index (χ1v) is 11.0. The number of nitrogens with zero attached hydrogens (tertiary/aromatic N) is 1. The van der Waals surface area contributed by atoms with E-state index >= 15 is 0 Å². The minimum absolute atomic E-state index is 0.0247. The summed E-state index contributed by atoms with van der Waals surface area (Å²) < 4.78 is 16.5. The number of nitrogens with one attached hydrogen (secondary N) is 2. The summed E-state index contributed by atoms with van der Waals surface area (Å²) in [5, 5.41) is 0. The van der Waals surface area contributed by atoms with Crippen LogP contribution in [0.5, 0.6) is 17.2 Å². The third-order valence-electron chi connectivity index (χ3n) is 6.87. The molecular formula is C23H33N3O5+2. The van der Waals surface area contributed by atoms with Gasteiger partial charge in [-0.25, -0.2) is 4.90 Å². The van der Waals surface area contributed by atoms with Crippen molar-refractivity contribution in [3.63, 3.8) is 0 Å². The normalized spacial score (nSPS) is 27.9. The Labute approximate surface area is 183 Å². The molecule has 0 bridgehead atoms. The van der Waals surface area contributed by atoms with Gasteiger partial charge in [-0.05, 0) is 25.0 Å². The van der Waals surface area contributed by atoms with Gasteiger partial charge in [0.25, 0.3) is 0 Å². The molecule has 2 saturated heterocycles. The number of piperazine rings is 1. The Morgan fingerprint density at radius 1 is 0.839 bits per heavy atom. The molecule has 4 rings (SSSR count). The first kappa shape index (κ1) is 21.6. The minimum atomic E-state index is -0.138. The molecule has 2 aliphatic heterocycles. The minimum Gasteiger partial charge on any atom is -0.493 e. The third kappa shape index (κ3) is 4.14. The zero-order valence-electron chi connectivity index (χ0n) is 18.6. The lowest BCUT2D eigenvalue weighted by atomic mass is 9.85. The number of quaternary nitrogens is 2. The molecule has 2 atom stereocenters. The average molecular weight is 432 g/mol. The molecule has 2 fully saturated rings. The van der Waals surface area contributed by atoms with Crippen LogP contribution in [0.25, 0.3) is 0 Å². The van der Waals surface area contributed by atoms with Gasteiger partial charge in [-0.15, -0.1) is 0 Å². The van der Waals surface area contributed by atoms with Gasteiger partial charge in [0.15, 0.2) is 18.2 Å². The molecule has 0 unspecified atom stereocenters. The van der Waals surface area contributed by atoms with Gasteiger partial charge in [-0.1, -0.05) is 12.2 Å². The van der Waals surface area contributed by atoms with E-state index in [1.54, 1.807) is 21.3 Å². The fraction of sp³-hybridized carbons (Fsp3) is 0.565. The summed E-state index contributed by atoms with van der Waals surface area (Å²) in [6.45, 7) is 5.12. The predicted molar refractivity (Wildman–Crippen MR) is 113 cm³/mol. The highest BCUT2D eigenvalue weighted by Gasteiger charge is 2.48. The van der Waals surface area contributed by atoms with Crippen LogP contribution in [0.15, 0.2) is 24.3 Å². The number of ether oxygens (including phenoxy) is 3. The molecule has 0 radical (unpaired) electrons. The van der Waals surface area contributed by atoms with Crippen LogP contribution < -0.4 is 24.0 Å². The largest absolute Gasteiger partial charge is 0.493 e. The zero-order chi connectivity index (χ0) is 22.0. The molecule has 1 aromatic carbocycles. The Hall–Kier alpha value is -2.58. The number of benzene rings is 1. The maximum Gasteiger partial charge on any atom is 0.237 e. The molecule has 2 N–H and O–H groups in total. The van der Waals surface area contributed by atoms with E-state index in [-0.39, 0.29) is 23.7 Å². The molecule has 2 amide bonds. The fourth-order valence-corrected chi connectivity index (χ4v) is 5.11. The highest BCUT2D eigenvalue weighted by atomic mass is 16.5. The predicted octanol–water partition coefficient (Wildman–Crippen LogP) is -1.10. The number of hydrogen-bond donors (Lipinski definition) is 2. The van der Waals surface area contributed by atoms with Crippen LogP contribution in [0, 0.1) is 11.8 Å². The van der Waals surface area contributed by atoms with E-state index in [9.17, 15) is 9.59 Å². The number of likely N-dealkylation sites (tertiary alicyclic amines) is 1. The number of carbonyl (C=O) groups is 2. The number of methoxy groups -OCH3 is 3. The topological polar surface area (TPSA) is 74.0 Å². The lowest BCUT2D eigenvalue weighted by molar-refractivity contribution is -1.02. The van der Waals surface area contributed by atoms with Crippen LogP contribution in [0.2, 0.25) is 0 Å². The smallest absolute Gasteiger partial charge is 0.237 e. The van der Waals surface area contributed by atoms with E-state index in [4.69, 9.17) is 14.2 Å². The summed E-state index contributed by atoms with van der Waals surface area (Å²) >= 11 is 0. The summed E-state index contributed by atoms with van der Waals surface area (Å²) in [7, 11) is 4.88. The van der Waals surface area contributed by atoms with Crippen molar-refractivity contribution in [2.24, 2.45) is 11.8 Å². The van der Waals surface area contributed by atoms with Crippen molar-refractivity contribution in [2.75, 3.05) is 54.2 Å². The number of carbonyl (C=O) groups excluding carboxylic acids is 2. The molecule has 1 aliphatic carbocycles. The van der Waals surface area contributed by atoms with Crippen LogP contribution in [-0.4, -0.2) is 70.9 Å². The SMILES string of the molecule is COc1ccc(C[NH+]2CC[NH+](CN3C(=O)[C@H]4CC=CC[C@@H]4C3=O)CC2)c(OC)c1OC. The van der Waals surface area contributed by atoms with Crippen molar-refractivity contribution in [3.8, 4) is 17.2 Å². The van der Waals surface area contributed by atoms with Crippen LogP contribution in [-0.2, 0) is 16.1 Å². The van der Waals surface area contributed by atoms with Gasteiger partial charge in [0.2, 0.25) is 17.6 Å². The van der Waals surface area contributed by atoms with E-state index < -0.39 is 0 Å². The maximum atomic E-state index is 12.7. The highest BCUT2D eigenvalue weighted by molar-refractivity contribution is 6.05. The van der Waals surface area contributed by atoms with Crippen molar-refractivity contribution in [2.45, 2.75) is 19.4 Å². The second kappa shape index (κ2) is 9.28. The van der Waals surface area contributed by atoms with Crippen molar-refractivity contribution in [1.29, 1.82) is 0 Å². The van der Waals surface area contributed by atoms with Gasteiger partial charge in [-0.2, -0.15) is 0 Å². The molecule has 0 saturated carbocycles. The summed E-state index contributed by atoms with van der Waals surface area (Å²) in [6.07, 6.45) is 5.47. The first-order chi connectivity index (χ1) is 15.1. The van der Waals surface area contributed by atoms with Gasteiger partial charge in [0.1, 0.15) is 32.7 Å². The number of allylic oxidation sites excluding steroid dienone is 2. The number of fused-ring (bicyclic) bond motifs is 1. The second-order valence-corrected chi connectivity index (χ2v) is 8.59. The van der Waals surface area contributed by atoms with Crippen LogP contribution in [0.4, 0.5) is 0 Å². The molecule has 1 aromatic rings. The number of amides is 2. The van der Waals surface area contributed by atoms with Gasteiger partial charge in [0, 0.05) is 0 Å². The molecule has 0 aromatic heterocycles. The molecule has 3 aliphatic rings. The molecular weight excluding hydrogens is 398 g/mol. The lowest BCUT2D eigenvalue weighted by Crippen LogP contribution is -3.28. The Kier molecular flexibility index (Phi) is 6.48. The van der Waals surface area contributed by atoms with E-state index in [0.29, 0.717) is 36.8 Å². The number of hydrogen-bond acceptors (Lipinski definition) is 5. The molecule has 168 valence electrons. The molecule has 8 nitrogen and oxygen atoms in total. The van der Waals surface area contributed by atoms with Gasteiger partial charge >= 0.3 is 0 Å². The van der Waals surface area contributed by atoms with Gasteiger partial charge in [-0.3, -0.25) is 9.59 Å². The molecule has 31 heavy (non-hydrogen) atoms. The Balaban J connectivity index is 1.35. The summed E-state index contributed by atoms with van der Waals surface area (Å²) in [5.41, 5.74) is 1.08. The Morgan fingerprint density at radius 2 is 1.42 bits per heavy atom. The molecule has 0 spiro atoms. The first-order valence-electron chi connectivity index (χ1n) is 11.0. The number of imide groups is 1. The second-order valence-electron chi connectivity index (χ2n) is 8.59. The van der Waals surface area contributed by atoms with Crippen molar-refractivity contribution >= 4 is 11.8 Å². The summed E-state index contributed by atoms with van der Waals surface area (Å²) in [4.78, 5) is 29.7. The highest BCUT2D eigenvalue weighted by Crippen LogP contribution is 2.39. The van der Waals surface area contributed by atoms with Gasteiger partial charge < -0.3 is 24.0 Å². The Morgan fingerprint density at radius 3 is 1.97 bits per heavy atom. The summed E-state index contributed by atoms with van der Waals surface area (Å²) in [5.74, 6) is 1.76. The van der Waals surface area contributed by atoms with E-state index in [1.165, 1.54) is 14.7 Å². The van der Waals surface area contributed by atoms with E-state index in [1.807, 2.05) is 24.3 Å². The maximum absolute atomic E-state index is 12.7. The van der Waals surface area contributed by atoms with Crippen LogP contribution in [0.1, 0.15) is 18.4 Å². The standard InChI is InChI=1S/C23H31N3O5/c1-29-19-9-8-16(20(30-2)21(19)31-3)14-24-10-12-25(13-11-24)15-26-22(27)17-6-4-5-7-18(17)23(26)28/h4-5,8-9,17-18H,6-7,10-15H2,1-3H3/p+2/t17-,18-/m0/s1. The van der Waals surface area contributed by atoms with E-state index in [2.05, 4.69) is 0 Å². The monoisotopic (exact) mass is 431 g/mol. The third-order valence-corrected chi connectivity index (χ3v) is 6.87. The van der Waals surface area contributed by atoms with Crippen molar-refractivity contribution in [3.05, 3.63) is 29.8 Å². The lowest BCUT2D eigenvalue weighted by Gasteiger charge is -2.31. The number of rotatable bonds is 7. The van der Waals surface area contributed by atoms with Crippen molar-refractivity contribution in [1.82, 2.24) is 4.90 Å². The van der Waals surface area contributed by atoms with E-state index in [0.717, 1.165) is 38.3 Å². The van der Waals surface area contributed by atoms with Crippen molar-refractivity contribution < 1.29 is 33.6 Å². The fourth-order valence-electron chi connectivity index (χ4n) is 5.11. The van der Waals surface area contributed by atoms with Crippen LogP contribution >= 0.6 is 0 Å². The zero-order valence-corrected chi connectivity index (χ0v) is 18.6. The molecule has 8 heteroatoms. The molecule has 2 heterocycles.